The van der Waals surface area contributed by atoms with Crippen LogP contribution in [0.15, 0.2) is 36.0 Å². The molecule has 1 aromatic carbocycles. The molecule has 1 amide bonds. The summed E-state index contributed by atoms with van der Waals surface area (Å²) >= 11 is 6.85. The quantitative estimate of drug-likeness (QED) is 0.476. The summed E-state index contributed by atoms with van der Waals surface area (Å²) in [6, 6.07) is 2.37. The van der Waals surface area contributed by atoms with E-state index < -0.39 is 30.1 Å². The van der Waals surface area contributed by atoms with Gasteiger partial charge in [0.25, 0.3) is 0 Å². The van der Waals surface area contributed by atoms with Crippen LogP contribution in [0.4, 0.5) is 18.3 Å². The number of ketones is 1. The van der Waals surface area contributed by atoms with Crippen LogP contribution < -0.4 is 10.1 Å². The number of hydrogen-bond acceptors (Lipinski definition) is 8. The Labute approximate surface area is 206 Å². The van der Waals surface area contributed by atoms with Crippen molar-refractivity contribution in [3.05, 3.63) is 62.9 Å². The number of ether oxygens (including phenoxy) is 1. The van der Waals surface area contributed by atoms with Crippen LogP contribution in [-0.2, 0) is 11.2 Å². The van der Waals surface area contributed by atoms with E-state index in [0.29, 0.717) is 33.0 Å². The van der Waals surface area contributed by atoms with Crippen molar-refractivity contribution in [3.8, 4) is 17.0 Å². The number of halogens is 4. The lowest BCUT2D eigenvalue weighted by Gasteiger charge is -2.44. The summed E-state index contributed by atoms with van der Waals surface area (Å²) < 4.78 is 41.7. The fraction of sp³-hybridized carbons (Fsp3) is 0.273. The first-order valence-corrected chi connectivity index (χ1v) is 11.5. The van der Waals surface area contributed by atoms with E-state index in [1.54, 1.807) is 12.3 Å². The molecule has 0 spiro atoms. The third kappa shape index (κ3) is 5.30. The standard InChI is InChI=1S/C22H17ClF3N4O4S/c1-10-14-8-27-7-13(19(14)20(32)11(2)30(10)33)6-18(31)29-21-28-16(9-35-21)12-3-4-15(23)17(5-12)34-22(24,25)26/h3-5,7-11H,6H2,1-2H3,(H,28,29,31)/q-1. The molecule has 2 atom stereocenters. The van der Waals surface area contributed by atoms with E-state index in [-0.39, 0.29) is 22.4 Å². The van der Waals surface area contributed by atoms with Crippen LogP contribution in [0.3, 0.4) is 0 Å². The van der Waals surface area contributed by atoms with Crippen molar-refractivity contribution in [1.82, 2.24) is 15.0 Å². The minimum absolute atomic E-state index is 0.181. The number of aromatic nitrogens is 2. The molecule has 0 aliphatic carbocycles. The number of rotatable bonds is 5. The Morgan fingerprint density at radius 2 is 2.03 bits per heavy atom. The van der Waals surface area contributed by atoms with E-state index in [1.807, 2.05) is 0 Å². The first-order chi connectivity index (χ1) is 16.4. The zero-order valence-corrected chi connectivity index (χ0v) is 19.8. The first kappa shape index (κ1) is 25.0. The van der Waals surface area contributed by atoms with Gasteiger partial charge in [-0.3, -0.25) is 14.6 Å². The minimum Gasteiger partial charge on any atom is -0.784 e. The molecule has 1 aliphatic rings. The largest absolute Gasteiger partial charge is 0.784 e. The molecule has 13 heteroatoms. The Balaban J connectivity index is 1.51. The second kappa shape index (κ2) is 9.53. The third-order valence-corrected chi connectivity index (χ3v) is 6.52. The molecule has 3 aromatic rings. The molecular weight excluding hydrogens is 509 g/mol. The van der Waals surface area contributed by atoms with Gasteiger partial charge >= 0.3 is 6.36 Å². The van der Waals surface area contributed by atoms with E-state index in [9.17, 15) is 28.0 Å². The van der Waals surface area contributed by atoms with Crippen LogP contribution in [0.5, 0.6) is 5.75 Å². The van der Waals surface area contributed by atoms with Crippen molar-refractivity contribution in [2.24, 2.45) is 0 Å². The normalized spacial score (nSPS) is 18.3. The van der Waals surface area contributed by atoms with Gasteiger partial charge in [0.2, 0.25) is 5.91 Å². The number of hydroxylamine groups is 2. The summed E-state index contributed by atoms with van der Waals surface area (Å²) in [7, 11) is 0. The topological polar surface area (TPSA) is 107 Å². The van der Waals surface area contributed by atoms with E-state index >= 15 is 0 Å². The Hall–Kier alpha value is -3.06. The highest BCUT2D eigenvalue weighted by Gasteiger charge is 2.33. The second-order valence-electron chi connectivity index (χ2n) is 7.79. The van der Waals surface area contributed by atoms with Crippen molar-refractivity contribution in [3.63, 3.8) is 0 Å². The average Bonchev–Trinajstić information content (AvgIpc) is 3.25. The maximum Gasteiger partial charge on any atom is 0.573 e. The lowest BCUT2D eigenvalue weighted by Crippen LogP contribution is -2.42. The van der Waals surface area contributed by atoms with Gasteiger partial charge < -0.3 is 20.3 Å². The molecule has 0 fully saturated rings. The molecule has 8 nitrogen and oxygen atoms in total. The molecular formula is C22H17ClF3N4O4S-. The Bertz CT molecular complexity index is 1300. The molecule has 0 saturated heterocycles. The highest BCUT2D eigenvalue weighted by Crippen LogP contribution is 2.36. The van der Waals surface area contributed by atoms with Gasteiger partial charge in [-0.1, -0.05) is 17.7 Å². The van der Waals surface area contributed by atoms with E-state index in [2.05, 4.69) is 20.0 Å². The molecule has 2 aromatic heterocycles. The summed E-state index contributed by atoms with van der Waals surface area (Å²) in [6.07, 6.45) is -2.22. The molecule has 3 heterocycles. The third-order valence-electron chi connectivity index (χ3n) is 5.45. The van der Waals surface area contributed by atoms with Gasteiger partial charge in [0.05, 0.1) is 23.2 Å². The van der Waals surface area contributed by atoms with Crippen LogP contribution in [0.1, 0.15) is 41.4 Å². The van der Waals surface area contributed by atoms with Gasteiger partial charge in [-0.25, -0.2) is 4.98 Å². The number of amides is 1. The van der Waals surface area contributed by atoms with E-state index in [4.69, 9.17) is 11.6 Å². The number of nitrogens with one attached hydrogen (secondary N) is 1. The minimum atomic E-state index is -4.90. The summed E-state index contributed by atoms with van der Waals surface area (Å²) in [5, 5.41) is 17.1. The Kier molecular flexibility index (Phi) is 6.82. The Morgan fingerprint density at radius 1 is 1.29 bits per heavy atom. The van der Waals surface area contributed by atoms with Gasteiger partial charge in [-0.2, -0.15) is 0 Å². The van der Waals surface area contributed by atoms with Crippen molar-refractivity contribution in [2.75, 3.05) is 5.32 Å². The fourth-order valence-corrected chi connectivity index (χ4v) is 4.63. The number of thiazole rings is 1. The molecule has 4 rings (SSSR count). The zero-order chi connectivity index (χ0) is 25.5. The lowest BCUT2D eigenvalue weighted by atomic mass is 9.87. The SMILES string of the molecule is CC1C(=O)c2c(CC(=O)Nc3nc(-c4ccc(Cl)c(OC(F)(F)F)c4)cs3)cncc2C(C)N1[O-]. The molecule has 0 bridgehead atoms. The number of fused-ring (bicyclic) bond motifs is 1. The van der Waals surface area contributed by atoms with E-state index in [0.717, 1.165) is 17.4 Å². The summed E-state index contributed by atoms with van der Waals surface area (Å²) in [5.41, 5.74) is 1.79. The highest BCUT2D eigenvalue weighted by molar-refractivity contribution is 7.14. The van der Waals surface area contributed by atoms with Crippen LogP contribution in [0.2, 0.25) is 5.02 Å². The second-order valence-corrected chi connectivity index (χ2v) is 9.06. The maximum atomic E-state index is 12.7. The molecule has 184 valence electrons. The van der Waals surface area contributed by atoms with Crippen molar-refractivity contribution >= 4 is 39.8 Å². The van der Waals surface area contributed by atoms with Crippen molar-refractivity contribution in [1.29, 1.82) is 0 Å². The average molecular weight is 526 g/mol. The van der Waals surface area contributed by atoms with Crippen LogP contribution in [0, 0.1) is 5.21 Å². The number of benzene rings is 1. The number of Topliss-reactive ketones (excluding diaryl/α,β-unsaturated/α-hetero) is 1. The lowest BCUT2D eigenvalue weighted by molar-refractivity contribution is -0.274. The van der Waals surface area contributed by atoms with Gasteiger partial charge in [0, 0.05) is 34.9 Å². The summed E-state index contributed by atoms with van der Waals surface area (Å²) in [6.45, 7) is 3.18. The monoisotopic (exact) mass is 525 g/mol. The van der Waals surface area contributed by atoms with Gasteiger partial charge in [0.1, 0.15) is 5.75 Å². The molecule has 0 saturated carbocycles. The number of alkyl halides is 3. The fourth-order valence-electron chi connectivity index (χ4n) is 3.74. The molecule has 1 aliphatic heterocycles. The number of hydrogen-bond donors (Lipinski definition) is 1. The summed E-state index contributed by atoms with van der Waals surface area (Å²) in [4.78, 5) is 33.7. The molecule has 0 radical (unpaired) electrons. The zero-order valence-electron chi connectivity index (χ0n) is 18.2. The number of nitrogens with zero attached hydrogens (tertiary/aromatic N) is 3. The smallest absolute Gasteiger partial charge is 0.573 e. The van der Waals surface area contributed by atoms with E-state index in [1.165, 1.54) is 31.5 Å². The molecule has 1 N–H and O–H groups in total. The van der Waals surface area contributed by atoms with Crippen LogP contribution in [-0.4, -0.2) is 39.1 Å². The molecule has 2 unspecified atom stereocenters. The maximum absolute atomic E-state index is 12.7. The predicted octanol–water partition coefficient (Wildman–Crippen LogP) is 5.38. The number of pyridine rings is 1. The highest BCUT2D eigenvalue weighted by atomic mass is 35.5. The number of carbonyl (C=O) groups excluding carboxylic acids is 2. The van der Waals surface area contributed by atoms with Crippen LogP contribution >= 0.6 is 22.9 Å². The van der Waals surface area contributed by atoms with Crippen molar-refractivity contribution < 1.29 is 27.5 Å². The Morgan fingerprint density at radius 3 is 2.74 bits per heavy atom. The van der Waals surface area contributed by atoms with Gasteiger partial charge in [-0.15, -0.1) is 24.5 Å². The number of carbonyl (C=O) groups is 2. The van der Waals surface area contributed by atoms with Gasteiger partial charge in [-0.05, 0) is 37.1 Å². The number of anilines is 1. The molecule has 35 heavy (non-hydrogen) atoms. The van der Waals surface area contributed by atoms with Crippen LogP contribution in [0.25, 0.3) is 11.3 Å². The summed E-state index contributed by atoms with van der Waals surface area (Å²) in [5.74, 6) is -1.42. The first-order valence-electron chi connectivity index (χ1n) is 10.2. The van der Waals surface area contributed by atoms with Crippen molar-refractivity contribution in [2.45, 2.75) is 38.7 Å². The van der Waals surface area contributed by atoms with Gasteiger partial charge in [0.15, 0.2) is 10.9 Å². The predicted molar refractivity (Wildman–Crippen MR) is 123 cm³/mol.